The van der Waals surface area contributed by atoms with Gasteiger partial charge in [0.2, 0.25) is 0 Å². The van der Waals surface area contributed by atoms with Crippen molar-refractivity contribution in [2.24, 2.45) is 0 Å². The molecular formula is C14H17Cl2NTi. The van der Waals surface area contributed by atoms with Crippen molar-refractivity contribution in [3.05, 3.63) is 52.1 Å². The van der Waals surface area contributed by atoms with Gasteiger partial charge in [-0.05, 0) is 0 Å². The van der Waals surface area contributed by atoms with Crippen LogP contribution in [0.25, 0.3) is 0 Å². The molecule has 0 aliphatic heterocycles. The molecule has 1 nitrogen and oxygen atoms in total. The van der Waals surface area contributed by atoms with E-state index in [1.54, 1.807) is 0 Å². The first kappa shape index (κ1) is 17.8. The van der Waals surface area contributed by atoms with Gasteiger partial charge < -0.3 is 24.8 Å². The van der Waals surface area contributed by atoms with Gasteiger partial charge in [0.05, 0.1) is 0 Å². The Morgan fingerprint density at radius 3 is 2.39 bits per heavy atom. The molecule has 18 heavy (non-hydrogen) atoms. The first-order valence-corrected chi connectivity index (χ1v) is 7.07. The summed E-state index contributed by atoms with van der Waals surface area (Å²) in [5.41, 5.74) is 2.87. The summed E-state index contributed by atoms with van der Waals surface area (Å²) < 4.78 is 2.87. The van der Waals surface area contributed by atoms with Gasteiger partial charge in [-0.3, -0.25) is 0 Å². The van der Waals surface area contributed by atoms with Crippen molar-refractivity contribution in [1.29, 1.82) is 0 Å². The van der Waals surface area contributed by atoms with E-state index in [2.05, 4.69) is 62.8 Å². The molecule has 0 bridgehead atoms. The van der Waals surface area contributed by atoms with Gasteiger partial charge in [-0.2, -0.15) is 0 Å². The zero-order chi connectivity index (χ0) is 11.8. The maximum atomic E-state index is 4.07. The van der Waals surface area contributed by atoms with Crippen molar-refractivity contribution in [2.75, 3.05) is 0 Å². The van der Waals surface area contributed by atoms with Crippen molar-refractivity contribution in [2.45, 2.75) is 26.2 Å². The topological polar surface area (TPSA) is 15.8 Å². The Morgan fingerprint density at radius 2 is 1.89 bits per heavy atom. The normalized spacial score (nSPS) is 13.5. The first-order chi connectivity index (χ1) is 7.48. The Hall–Kier alpha value is -0.206. The summed E-state index contributed by atoms with van der Waals surface area (Å²) in [7, 11) is 0. The quantitative estimate of drug-likeness (QED) is 0.561. The largest absolute Gasteiger partial charge is 1.00 e. The Bertz CT molecular complexity index is 478. The summed E-state index contributed by atoms with van der Waals surface area (Å²) in [6, 6.07) is 2.21. The number of halogens is 2. The van der Waals surface area contributed by atoms with Crippen LogP contribution in [0.2, 0.25) is 0 Å². The second-order valence-electron chi connectivity index (χ2n) is 5.11. The fourth-order valence-corrected chi connectivity index (χ4v) is 4.06. The third-order valence-corrected chi connectivity index (χ3v) is 4.94. The van der Waals surface area contributed by atoms with Crippen LogP contribution in [0.5, 0.6) is 0 Å². The van der Waals surface area contributed by atoms with Gasteiger partial charge in [0.15, 0.2) is 0 Å². The van der Waals surface area contributed by atoms with Gasteiger partial charge in [0.1, 0.15) is 0 Å². The van der Waals surface area contributed by atoms with Crippen LogP contribution in [0, 0.1) is 0 Å². The van der Waals surface area contributed by atoms with E-state index in [1.807, 2.05) is 0 Å². The molecule has 1 N–H and O–H groups in total. The van der Waals surface area contributed by atoms with Crippen LogP contribution >= 0.6 is 0 Å². The minimum Gasteiger partial charge on any atom is -1.00 e. The van der Waals surface area contributed by atoms with Crippen LogP contribution < -0.4 is 28.8 Å². The SMILES string of the molecule is C=C1C=CC=[C]1[Ti+2][c]1[nH]ccc1C(C)(C)C.[Cl-].[Cl-]. The first-order valence-electron chi connectivity index (χ1n) is 5.51. The molecule has 0 saturated carbocycles. The molecule has 4 heteroatoms. The molecule has 0 unspecified atom stereocenters. The van der Waals surface area contributed by atoms with Crippen LogP contribution in [0.1, 0.15) is 26.3 Å². The zero-order valence-corrected chi connectivity index (χ0v) is 13.9. The molecular weight excluding hydrogens is 301 g/mol. The number of aromatic nitrogens is 1. The van der Waals surface area contributed by atoms with E-state index in [1.165, 1.54) is 19.0 Å². The monoisotopic (exact) mass is 317 g/mol. The molecule has 0 spiro atoms. The number of nitrogens with one attached hydrogen (secondary N) is 1. The molecule has 0 aromatic carbocycles. The van der Waals surface area contributed by atoms with Crippen molar-refractivity contribution >= 4 is 4.00 Å². The van der Waals surface area contributed by atoms with Gasteiger partial charge >= 0.3 is 106 Å². The number of rotatable bonds is 2. The average molecular weight is 318 g/mol. The van der Waals surface area contributed by atoms with Crippen LogP contribution in [0.4, 0.5) is 0 Å². The molecule has 0 fully saturated rings. The van der Waals surface area contributed by atoms with Crippen molar-refractivity contribution < 1.29 is 44.0 Å². The van der Waals surface area contributed by atoms with E-state index < -0.39 is 0 Å². The Balaban J connectivity index is 0.00000144. The van der Waals surface area contributed by atoms with E-state index in [4.69, 9.17) is 0 Å². The zero-order valence-electron chi connectivity index (χ0n) is 10.8. The van der Waals surface area contributed by atoms with Gasteiger partial charge in [-0.25, -0.2) is 0 Å². The van der Waals surface area contributed by atoms with Crippen molar-refractivity contribution in [3.63, 3.8) is 0 Å². The van der Waals surface area contributed by atoms with Crippen LogP contribution in [-0.4, -0.2) is 4.98 Å². The Labute approximate surface area is 131 Å². The van der Waals surface area contributed by atoms with Gasteiger partial charge in [-0.15, -0.1) is 0 Å². The molecule has 1 aromatic rings. The minimum absolute atomic E-state index is 0. The summed E-state index contributed by atoms with van der Waals surface area (Å²) in [5.74, 6) is 0. The van der Waals surface area contributed by atoms with Crippen LogP contribution in [0.15, 0.2) is 46.5 Å². The van der Waals surface area contributed by atoms with Crippen molar-refractivity contribution in [1.82, 2.24) is 4.98 Å². The molecule has 0 amide bonds. The summed E-state index contributed by atoms with van der Waals surface area (Å²) in [5, 5.41) is 0. The second kappa shape index (κ2) is 6.81. The number of hydrogen-bond acceptors (Lipinski definition) is 0. The minimum atomic E-state index is -0.270. The molecule has 1 heterocycles. The number of hydrogen-bond donors (Lipinski definition) is 1. The van der Waals surface area contributed by atoms with E-state index in [0.29, 0.717) is 0 Å². The van der Waals surface area contributed by atoms with Crippen molar-refractivity contribution in [3.8, 4) is 0 Å². The van der Waals surface area contributed by atoms with Gasteiger partial charge in [-0.1, -0.05) is 0 Å². The van der Waals surface area contributed by atoms with E-state index in [9.17, 15) is 0 Å². The second-order valence-corrected chi connectivity index (χ2v) is 7.12. The Morgan fingerprint density at radius 1 is 1.22 bits per heavy atom. The summed E-state index contributed by atoms with van der Waals surface area (Å²) in [6.45, 7) is 10.9. The van der Waals surface area contributed by atoms with Gasteiger partial charge in [0, 0.05) is 0 Å². The van der Waals surface area contributed by atoms with E-state index >= 15 is 0 Å². The average Bonchev–Trinajstić information content (AvgIpc) is 2.76. The molecule has 0 saturated heterocycles. The number of H-pyrrole nitrogens is 1. The van der Waals surface area contributed by atoms with Crippen LogP contribution in [-0.2, 0) is 24.6 Å². The van der Waals surface area contributed by atoms with E-state index in [-0.39, 0.29) is 49.4 Å². The third kappa shape index (κ3) is 3.89. The smallest absolute Gasteiger partial charge is 1.00 e. The van der Waals surface area contributed by atoms with Gasteiger partial charge in [0.25, 0.3) is 0 Å². The fourth-order valence-electron chi connectivity index (χ4n) is 1.81. The molecule has 1 aliphatic rings. The third-order valence-electron chi connectivity index (χ3n) is 2.72. The summed E-state index contributed by atoms with van der Waals surface area (Å²) >= 11 is -0.270. The van der Waals surface area contributed by atoms with Crippen LogP contribution in [0.3, 0.4) is 0 Å². The fraction of sp³-hybridized carbons (Fsp3) is 0.286. The Kier molecular flexibility index (Phi) is 6.74. The molecule has 1 aliphatic carbocycles. The number of aromatic amines is 1. The van der Waals surface area contributed by atoms with E-state index in [0.717, 1.165) is 0 Å². The maximum Gasteiger partial charge on any atom is -1.00 e. The summed E-state index contributed by atoms with van der Waals surface area (Å²) in [6.07, 6.45) is 8.46. The predicted octanol–water partition coefficient (Wildman–Crippen LogP) is -2.96. The standard InChI is InChI=1S/C8H12N.C6H5.2ClH.Ti/c1-8(2,3)7-4-5-9-6-7;1-6-4-2-3-5-6;;;/h4-5,9H,1-3H3;2-4H,1H2;2*1H;/q;;;;+2/p-2. The molecule has 0 atom stereocenters. The molecule has 1 aromatic heterocycles. The maximum absolute atomic E-state index is 4.07. The predicted molar refractivity (Wildman–Crippen MR) is 65.5 cm³/mol. The summed E-state index contributed by atoms with van der Waals surface area (Å²) in [4.78, 5) is 3.41. The molecule has 96 valence electrons. The molecule has 0 radical (unpaired) electrons. The molecule has 2 rings (SSSR count). The number of allylic oxidation sites excluding steroid dienone is 5.